The highest BCUT2D eigenvalue weighted by Crippen LogP contribution is 2.33. The largest absolute Gasteiger partial charge is 0.478 e. The summed E-state index contributed by atoms with van der Waals surface area (Å²) in [6, 6.07) is 24.3. The Bertz CT molecular complexity index is 1040. The molecule has 3 aromatic rings. The summed E-state index contributed by atoms with van der Waals surface area (Å²) >= 11 is 0. The van der Waals surface area contributed by atoms with Crippen LogP contribution in [0.5, 0.6) is 5.75 Å². The summed E-state index contributed by atoms with van der Waals surface area (Å²) < 4.78 is 5.65. The lowest BCUT2D eigenvalue weighted by Gasteiger charge is -2.24. The van der Waals surface area contributed by atoms with E-state index in [4.69, 9.17) is 4.74 Å². The monoisotopic (exact) mass is 385 g/mol. The zero-order valence-electron chi connectivity index (χ0n) is 15.8. The number of ether oxygens (including phenoxy) is 1. The summed E-state index contributed by atoms with van der Waals surface area (Å²) in [6.45, 7) is 1.63. The van der Waals surface area contributed by atoms with Gasteiger partial charge in [-0.1, -0.05) is 66.7 Å². The second-order valence-electron chi connectivity index (χ2n) is 6.56. The average molecular weight is 385 g/mol. The van der Waals surface area contributed by atoms with E-state index in [9.17, 15) is 9.59 Å². The molecule has 3 aromatic carbocycles. The van der Waals surface area contributed by atoms with Crippen molar-refractivity contribution >= 4 is 23.2 Å². The molecule has 4 rings (SSSR count). The van der Waals surface area contributed by atoms with Crippen molar-refractivity contribution in [1.82, 2.24) is 5.43 Å². The fourth-order valence-electron chi connectivity index (χ4n) is 3.06. The zero-order valence-corrected chi connectivity index (χ0v) is 15.8. The number of nitrogens with zero attached hydrogens (tertiary/aromatic N) is 1. The molecule has 2 amide bonds. The molecule has 6 nitrogen and oxygen atoms in total. The number of amides is 2. The lowest BCUT2D eigenvalue weighted by Crippen LogP contribution is -2.35. The smallest absolute Gasteiger partial charge is 0.275 e. The first-order valence-corrected chi connectivity index (χ1v) is 9.23. The minimum atomic E-state index is -0.677. The maximum Gasteiger partial charge on any atom is 0.275 e. The van der Waals surface area contributed by atoms with E-state index in [2.05, 4.69) is 15.8 Å². The number of nitrogens with one attached hydrogen (secondary N) is 2. The van der Waals surface area contributed by atoms with E-state index in [1.165, 1.54) is 0 Å². The topological polar surface area (TPSA) is 79.8 Å². The third-order valence-electron chi connectivity index (χ3n) is 4.55. The van der Waals surface area contributed by atoms with Crippen LogP contribution < -0.4 is 15.5 Å². The highest BCUT2D eigenvalue weighted by molar-refractivity contribution is 6.13. The second-order valence-corrected chi connectivity index (χ2v) is 6.56. The first kappa shape index (κ1) is 18.4. The summed E-state index contributed by atoms with van der Waals surface area (Å²) in [6.07, 6.45) is -0.677. The van der Waals surface area contributed by atoms with Gasteiger partial charge in [-0.2, -0.15) is 5.10 Å². The van der Waals surface area contributed by atoms with Crippen LogP contribution in [0.4, 0.5) is 5.69 Å². The zero-order chi connectivity index (χ0) is 20.2. The number of rotatable bonds is 4. The number of anilines is 1. The van der Waals surface area contributed by atoms with E-state index in [1.807, 2.05) is 60.7 Å². The molecular formula is C23H19N3O3. The molecule has 144 valence electrons. The quantitative estimate of drug-likeness (QED) is 0.532. The van der Waals surface area contributed by atoms with Gasteiger partial charge in [0.15, 0.2) is 11.9 Å². The summed E-state index contributed by atoms with van der Waals surface area (Å²) in [4.78, 5) is 24.7. The molecule has 0 aliphatic carbocycles. The Morgan fingerprint density at radius 1 is 0.931 bits per heavy atom. The molecule has 0 fully saturated rings. The number of hydrogen-bond acceptors (Lipinski definition) is 4. The molecule has 2 N–H and O–H groups in total. The highest BCUT2D eigenvalue weighted by Gasteiger charge is 2.27. The van der Waals surface area contributed by atoms with Crippen molar-refractivity contribution in [2.24, 2.45) is 5.10 Å². The summed E-state index contributed by atoms with van der Waals surface area (Å²) in [5, 5.41) is 7.14. The number of fused-ring (bicyclic) bond motifs is 1. The van der Waals surface area contributed by atoms with Gasteiger partial charge in [0.2, 0.25) is 0 Å². The van der Waals surface area contributed by atoms with Gasteiger partial charge in [0.25, 0.3) is 11.8 Å². The molecule has 6 heteroatoms. The third-order valence-corrected chi connectivity index (χ3v) is 4.55. The van der Waals surface area contributed by atoms with Crippen molar-refractivity contribution in [3.8, 4) is 5.75 Å². The fraction of sp³-hybridized carbons (Fsp3) is 0.0870. The second kappa shape index (κ2) is 7.98. The van der Waals surface area contributed by atoms with Crippen LogP contribution in [0.1, 0.15) is 28.4 Å². The molecule has 1 unspecified atom stereocenters. The van der Waals surface area contributed by atoms with Crippen LogP contribution in [0.25, 0.3) is 0 Å². The highest BCUT2D eigenvalue weighted by atomic mass is 16.5. The Kier molecular flexibility index (Phi) is 5.07. The van der Waals surface area contributed by atoms with Crippen LogP contribution in [0.2, 0.25) is 0 Å². The van der Waals surface area contributed by atoms with Crippen LogP contribution in [-0.2, 0) is 4.79 Å². The van der Waals surface area contributed by atoms with Crippen LogP contribution >= 0.6 is 0 Å². The van der Waals surface area contributed by atoms with Crippen molar-refractivity contribution in [2.75, 3.05) is 5.32 Å². The van der Waals surface area contributed by atoms with Crippen LogP contribution in [-0.4, -0.2) is 23.6 Å². The maximum absolute atomic E-state index is 12.9. The first-order valence-electron chi connectivity index (χ1n) is 9.23. The Labute approximate surface area is 168 Å². The molecule has 1 aliphatic rings. The fourth-order valence-corrected chi connectivity index (χ4v) is 3.06. The summed E-state index contributed by atoms with van der Waals surface area (Å²) in [5.74, 6) is -0.327. The van der Waals surface area contributed by atoms with Crippen molar-refractivity contribution < 1.29 is 14.3 Å². The van der Waals surface area contributed by atoms with Crippen LogP contribution in [0.15, 0.2) is 84.0 Å². The molecule has 0 bridgehead atoms. The molecule has 1 atom stereocenters. The lowest BCUT2D eigenvalue weighted by atomic mass is 10.0. The standard InChI is InChI=1S/C23H19N3O3/c1-15-22(27)24-19-14-8-13-18(21(19)29-15)23(28)26-25-20(16-9-4-2-5-10-16)17-11-6-3-7-12-17/h2-15H,1H3,(H,24,27)(H,26,28). The van der Waals surface area contributed by atoms with Crippen LogP contribution in [0, 0.1) is 0 Å². The predicted octanol–water partition coefficient (Wildman–Crippen LogP) is 3.59. The Hall–Kier alpha value is -3.93. The predicted molar refractivity (Wildman–Crippen MR) is 111 cm³/mol. The minimum absolute atomic E-state index is 0.247. The van der Waals surface area contributed by atoms with E-state index >= 15 is 0 Å². The van der Waals surface area contributed by atoms with Crippen molar-refractivity contribution in [1.29, 1.82) is 0 Å². The molecule has 0 aromatic heterocycles. The summed E-state index contributed by atoms with van der Waals surface area (Å²) in [7, 11) is 0. The number of carbonyl (C=O) groups excluding carboxylic acids is 2. The van der Waals surface area contributed by atoms with Gasteiger partial charge >= 0.3 is 0 Å². The van der Waals surface area contributed by atoms with Gasteiger partial charge in [-0.25, -0.2) is 5.43 Å². The number of carbonyl (C=O) groups is 2. The van der Waals surface area contributed by atoms with E-state index < -0.39 is 12.0 Å². The van der Waals surface area contributed by atoms with E-state index in [-0.39, 0.29) is 5.91 Å². The molecule has 29 heavy (non-hydrogen) atoms. The molecular weight excluding hydrogens is 366 g/mol. The van der Waals surface area contributed by atoms with Crippen LogP contribution in [0.3, 0.4) is 0 Å². The van der Waals surface area contributed by atoms with Gasteiger partial charge in [-0.3, -0.25) is 9.59 Å². The van der Waals surface area contributed by atoms with Crippen molar-refractivity contribution in [3.63, 3.8) is 0 Å². The van der Waals surface area contributed by atoms with E-state index in [0.29, 0.717) is 22.7 Å². The average Bonchev–Trinajstić information content (AvgIpc) is 2.76. The van der Waals surface area contributed by atoms with Gasteiger partial charge in [-0.15, -0.1) is 0 Å². The molecule has 0 radical (unpaired) electrons. The van der Waals surface area contributed by atoms with Crippen molar-refractivity contribution in [2.45, 2.75) is 13.0 Å². The number of para-hydroxylation sites is 1. The van der Waals surface area contributed by atoms with E-state index in [1.54, 1.807) is 25.1 Å². The lowest BCUT2D eigenvalue weighted by molar-refractivity contribution is -0.122. The molecule has 1 aliphatic heterocycles. The molecule has 0 saturated carbocycles. The Morgan fingerprint density at radius 2 is 1.55 bits per heavy atom. The number of benzene rings is 3. The Balaban J connectivity index is 1.66. The Morgan fingerprint density at radius 3 is 2.17 bits per heavy atom. The van der Waals surface area contributed by atoms with Gasteiger partial charge in [0.05, 0.1) is 17.0 Å². The minimum Gasteiger partial charge on any atom is -0.478 e. The van der Waals surface area contributed by atoms with E-state index in [0.717, 1.165) is 11.1 Å². The van der Waals surface area contributed by atoms with Gasteiger partial charge in [0.1, 0.15) is 0 Å². The molecule has 0 saturated heterocycles. The van der Waals surface area contributed by atoms with Gasteiger partial charge in [-0.05, 0) is 19.1 Å². The maximum atomic E-state index is 12.9. The van der Waals surface area contributed by atoms with Gasteiger partial charge < -0.3 is 10.1 Å². The molecule has 0 spiro atoms. The first-order chi connectivity index (χ1) is 14.1. The SMILES string of the molecule is CC1Oc2c(cccc2C(=O)NN=C(c2ccccc2)c2ccccc2)NC1=O. The van der Waals surface area contributed by atoms with Gasteiger partial charge in [0, 0.05) is 11.1 Å². The number of hydrazone groups is 1. The molecule has 1 heterocycles. The number of hydrogen-bond donors (Lipinski definition) is 2. The normalized spacial score (nSPS) is 14.8. The third kappa shape index (κ3) is 3.87. The summed E-state index contributed by atoms with van der Waals surface area (Å²) in [5.41, 5.74) is 5.81. The van der Waals surface area contributed by atoms with Crippen molar-refractivity contribution in [3.05, 3.63) is 95.6 Å².